The molecular formula is C13H25NO2S. The Hall–Kier alpha value is -0.220. The number of carbonyl (C=O) groups excluding carboxylic acids is 1. The Balaban J connectivity index is 2.14. The van der Waals surface area contributed by atoms with Gasteiger partial charge in [-0.05, 0) is 18.6 Å². The molecule has 17 heavy (non-hydrogen) atoms. The fourth-order valence-electron chi connectivity index (χ4n) is 1.97. The third kappa shape index (κ3) is 5.77. The monoisotopic (exact) mass is 259 g/mol. The molecule has 0 aromatic carbocycles. The Labute approximate surface area is 109 Å². The van der Waals surface area contributed by atoms with Crippen LogP contribution in [0.5, 0.6) is 0 Å². The normalized spacial score (nSPS) is 20.9. The lowest BCUT2D eigenvalue weighted by Gasteiger charge is -2.19. The molecule has 1 rings (SSSR count). The highest BCUT2D eigenvalue weighted by atomic mass is 32.2. The van der Waals surface area contributed by atoms with Crippen molar-refractivity contribution in [1.29, 1.82) is 0 Å². The quantitative estimate of drug-likeness (QED) is 0.769. The summed E-state index contributed by atoms with van der Waals surface area (Å²) >= 11 is 1.91. The first-order valence-corrected chi connectivity index (χ1v) is 7.43. The van der Waals surface area contributed by atoms with Crippen LogP contribution < -0.4 is 0 Å². The molecule has 0 aromatic rings. The fourth-order valence-corrected chi connectivity index (χ4v) is 2.87. The average molecular weight is 259 g/mol. The van der Waals surface area contributed by atoms with E-state index < -0.39 is 0 Å². The largest absolute Gasteiger partial charge is 0.396 e. The van der Waals surface area contributed by atoms with Gasteiger partial charge >= 0.3 is 0 Å². The zero-order valence-electron chi connectivity index (χ0n) is 11.2. The van der Waals surface area contributed by atoms with E-state index in [0.29, 0.717) is 17.1 Å². The Morgan fingerprint density at radius 2 is 2.18 bits per heavy atom. The van der Waals surface area contributed by atoms with Crippen LogP contribution in [0, 0.1) is 5.92 Å². The maximum Gasteiger partial charge on any atom is 0.222 e. The summed E-state index contributed by atoms with van der Waals surface area (Å²) in [5.41, 5.74) is 0. The number of nitrogens with zero attached hydrogens (tertiary/aromatic N) is 1. The van der Waals surface area contributed by atoms with E-state index in [9.17, 15) is 4.79 Å². The van der Waals surface area contributed by atoms with Gasteiger partial charge in [0.1, 0.15) is 0 Å². The van der Waals surface area contributed by atoms with Crippen molar-refractivity contribution in [2.75, 3.05) is 25.4 Å². The van der Waals surface area contributed by atoms with Crippen LogP contribution in [0.1, 0.15) is 40.0 Å². The van der Waals surface area contributed by atoms with Crippen molar-refractivity contribution < 1.29 is 9.90 Å². The summed E-state index contributed by atoms with van der Waals surface area (Å²) in [5.74, 6) is 1.62. The number of likely N-dealkylation sites (tertiary alicyclic amines) is 1. The van der Waals surface area contributed by atoms with Crippen molar-refractivity contribution >= 4 is 17.7 Å². The van der Waals surface area contributed by atoms with Crippen molar-refractivity contribution in [3.05, 3.63) is 0 Å². The van der Waals surface area contributed by atoms with Gasteiger partial charge in [-0.25, -0.2) is 0 Å². The van der Waals surface area contributed by atoms with E-state index in [1.54, 1.807) is 0 Å². The number of carbonyl (C=O) groups is 1. The molecule has 1 amide bonds. The first-order valence-electron chi connectivity index (χ1n) is 6.45. The number of aliphatic hydroxyl groups excluding tert-OH is 1. The van der Waals surface area contributed by atoms with Crippen LogP contribution >= 0.6 is 11.8 Å². The molecule has 0 saturated carbocycles. The van der Waals surface area contributed by atoms with Crippen LogP contribution in [0.15, 0.2) is 0 Å². The van der Waals surface area contributed by atoms with Crippen molar-refractivity contribution in [2.24, 2.45) is 5.92 Å². The molecule has 1 unspecified atom stereocenters. The van der Waals surface area contributed by atoms with E-state index in [2.05, 4.69) is 20.8 Å². The first-order chi connectivity index (χ1) is 7.92. The molecule has 1 aliphatic rings. The first kappa shape index (κ1) is 14.8. The molecule has 4 heteroatoms. The number of amides is 1. The summed E-state index contributed by atoms with van der Waals surface area (Å²) in [6, 6.07) is 0. The highest BCUT2D eigenvalue weighted by Crippen LogP contribution is 2.24. The van der Waals surface area contributed by atoms with Crippen molar-refractivity contribution in [3.8, 4) is 0 Å². The van der Waals surface area contributed by atoms with Gasteiger partial charge in [0.2, 0.25) is 5.91 Å². The maximum absolute atomic E-state index is 11.9. The average Bonchev–Trinajstić information content (AvgIpc) is 2.71. The van der Waals surface area contributed by atoms with Gasteiger partial charge in [0.25, 0.3) is 0 Å². The van der Waals surface area contributed by atoms with E-state index in [-0.39, 0.29) is 12.5 Å². The lowest BCUT2D eigenvalue weighted by atomic mass is 10.1. The highest BCUT2D eigenvalue weighted by molar-refractivity contribution is 8.00. The zero-order valence-corrected chi connectivity index (χ0v) is 12.1. The van der Waals surface area contributed by atoms with E-state index in [0.717, 1.165) is 31.7 Å². The molecule has 0 spiro atoms. The maximum atomic E-state index is 11.9. The Bertz CT molecular complexity index is 250. The third-order valence-electron chi connectivity index (χ3n) is 2.97. The van der Waals surface area contributed by atoms with Crippen LogP contribution in [0.4, 0.5) is 0 Å². The van der Waals surface area contributed by atoms with Gasteiger partial charge in [-0.3, -0.25) is 4.79 Å². The summed E-state index contributed by atoms with van der Waals surface area (Å²) in [6.45, 7) is 8.39. The summed E-state index contributed by atoms with van der Waals surface area (Å²) in [6.07, 6.45) is 2.57. The SMILES string of the molecule is CC(C)(C)SCCCC(=O)N1CCC(CO)C1. The molecule has 1 N–H and O–H groups in total. The minimum Gasteiger partial charge on any atom is -0.396 e. The predicted molar refractivity (Wildman–Crippen MR) is 73.2 cm³/mol. The Morgan fingerprint density at radius 1 is 1.47 bits per heavy atom. The van der Waals surface area contributed by atoms with Gasteiger partial charge in [0.15, 0.2) is 0 Å². The second-order valence-electron chi connectivity index (χ2n) is 5.74. The number of hydrogen-bond acceptors (Lipinski definition) is 3. The van der Waals surface area contributed by atoms with E-state index in [1.165, 1.54) is 0 Å². The molecule has 1 aliphatic heterocycles. The van der Waals surface area contributed by atoms with Crippen molar-refractivity contribution in [2.45, 2.75) is 44.8 Å². The second-order valence-corrected chi connectivity index (χ2v) is 7.66. The molecular weight excluding hydrogens is 234 g/mol. The summed E-state index contributed by atoms with van der Waals surface area (Å²) in [4.78, 5) is 13.8. The van der Waals surface area contributed by atoms with E-state index >= 15 is 0 Å². The van der Waals surface area contributed by atoms with Crippen LogP contribution in [0.2, 0.25) is 0 Å². The molecule has 100 valence electrons. The molecule has 0 aromatic heterocycles. The van der Waals surface area contributed by atoms with Gasteiger partial charge in [-0.15, -0.1) is 0 Å². The third-order valence-corrected chi connectivity index (χ3v) is 4.33. The minimum atomic E-state index is 0.212. The van der Waals surface area contributed by atoms with Gasteiger partial charge in [-0.2, -0.15) is 11.8 Å². The lowest BCUT2D eigenvalue weighted by Crippen LogP contribution is -2.29. The number of aliphatic hydroxyl groups is 1. The highest BCUT2D eigenvalue weighted by Gasteiger charge is 2.25. The molecule has 1 atom stereocenters. The van der Waals surface area contributed by atoms with Crippen LogP contribution in [0.3, 0.4) is 0 Å². The smallest absolute Gasteiger partial charge is 0.222 e. The lowest BCUT2D eigenvalue weighted by molar-refractivity contribution is -0.130. The summed E-state index contributed by atoms with van der Waals surface area (Å²) in [7, 11) is 0. The standard InChI is InChI=1S/C13H25NO2S/c1-13(2,3)17-8-4-5-12(16)14-7-6-11(9-14)10-15/h11,15H,4-10H2,1-3H3. The number of thioether (sulfide) groups is 1. The van der Waals surface area contributed by atoms with Crippen molar-refractivity contribution in [1.82, 2.24) is 4.90 Å². The van der Waals surface area contributed by atoms with E-state index in [4.69, 9.17) is 5.11 Å². The molecule has 1 fully saturated rings. The molecule has 1 heterocycles. The second kappa shape index (κ2) is 6.64. The van der Waals surface area contributed by atoms with Gasteiger partial charge in [0, 0.05) is 36.8 Å². The number of hydrogen-bond donors (Lipinski definition) is 1. The Morgan fingerprint density at radius 3 is 2.71 bits per heavy atom. The van der Waals surface area contributed by atoms with Crippen LogP contribution in [-0.4, -0.2) is 46.1 Å². The van der Waals surface area contributed by atoms with E-state index in [1.807, 2.05) is 16.7 Å². The molecule has 3 nitrogen and oxygen atoms in total. The molecule has 0 aliphatic carbocycles. The Kier molecular flexibility index (Phi) is 5.80. The van der Waals surface area contributed by atoms with Crippen molar-refractivity contribution in [3.63, 3.8) is 0 Å². The molecule has 1 saturated heterocycles. The summed E-state index contributed by atoms with van der Waals surface area (Å²) in [5, 5.41) is 9.03. The van der Waals surface area contributed by atoms with Crippen LogP contribution in [0.25, 0.3) is 0 Å². The number of rotatable bonds is 5. The van der Waals surface area contributed by atoms with Gasteiger partial charge in [0.05, 0.1) is 0 Å². The zero-order chi connectivity index (χ0) is 12.9. The fraction of sp³-hybridized carbons (Fsp3) is 0.923. The van der Waals surface area contributed by atoms with Gasteiger partial charge < -0.3 is 10.0 Å². The summed E-state index contributed by atoms with van der Waals surface area (Å²) < 4.78 is 0.290. The predicted octanol–water partition coefficient (Wildman–Crippen LogP) is 2.14. The van der Waals surface area contributed by atoms with Crippen LogP contribution in [-0.2, 0) is 4.79 Å². The minimum absolute atomic E-state index is 0.212. The molecule has 0 bridgehead atoms. The topological polar surface area (TPSA) is 40.5 Å². The van der Waals surface area contributed by atoms with Gasteiger partial charge in [-0.1, -0.05) is 20.8 Å². The molecule has 0 radical (unpaired) electrons.